The summed E-state index contributed by atoms with van der Waals surface area (Å²) < 4.78 is 0. The van der Waals surface area contributed by atoms with Crippen molar-refractivity contribution < 1.29 is 14.7 Å². The Kier molecular flexibility index (Phi) is 5.98. The second-order valence-corrected chi connectivity index (χ2v) is 6.14. The summed E-state index contributed by atoms with van der Waals surface area (Å²) in [5.74, 6) is -0.501. The van der Waals surface area contributed by atoms with Gasteiger partial charge in [-0.05, 0) is 31.6 Å². The summed E-state index contributed by atoms with van der Waals surface area (Å²) in [6.45, 7) is 1.19. The van der Waals surface area contributed by atoms with E-state index in [1.165, 1.54) is 0 Å². The number of hydrogen-bond donors (Lipinski definition) is 3. The van der Waals surface area contributed by atoms with Gasteiger partial charge in [0.1, 0.15) is 0 Å². The maximum Gasteiger partial charge on any atom is 0.314 e. The summed E-state index contributed by atoms with van der Waals surface area (Å²) in [5, 5.41) is 16.6. The fourth-order valence-electron chi connectivity index (χ4n) is 2.58. The molecule has 0 radical (unpaired) electrons. The molecule has 1 aromatic rings. The van der Waals surface area contributed by atoms with Crippen LogP contribution < -0.4 is 10.6 Å². The number of nitrogens with zero attached hydrogens (tertiary/aromatic N) is 1. The van der Waals surface area contributed by atoms with Crippen molar-refractivity contribution in [3.8, 4) is 0 Å². The third-order valence-corrected chi connectivity index (χ3v) is 4.53. The van der Waals surface area contributed by atoms with Gasteiger partial charge in [0.15, 0.2) is 0 Å². The van der Waals surface area contributed by atoms with Crippen LogP contribution in [0.15, 0.2) is 10.9 Å². The van der Waals surface area contributed by atoms with Crippen LogP contribution in [0.4, 0.5) is 4.79 Å². The van der Waals surface area contributed by atoms with Crippen molar-refractivity contribution in [2.24, 2.45) is 11.8 Å². The van der Waals surface area contributed by atoms with Gasteiger partial charge in [0, 0.05) is 24.9 Å². The highest BCUT2D eigenvalue weighted by molar-refractivity contribution is 7.07. The topological polar surface area (TPSA) is 91.3 Å². The van der Waals surface area contributed by atoms with Gasteiger partial charge < -0.3 is 15.7 Å². The lowest BCUT2D eigenvalue weighted by atomic mass is 9.82. The van der Waals surface area contributed by atoms with Gasteiger partial charge in [-0.15, -0.1) is 11.3 Å². The van der Waals surface area contributed by atoms with Gasteiger partial charge in [0.25, 0.3) is 0 Å². The number of rotatable bonds is 6. The van der Waals surface area contributed by atoms with E-state index in [9.17, 15) is 9.59 Å². The lowest BCUT2D eigenvalue weighted by Gasteiger charge is -2.26. The zero-order valence-electron chi connectivity index (χ0n) is 11.9. The van der Waals surface area contributed by atoms with Gasteiger partial charge in [0.2, 0.25) is 0 Å². The molecule has 1 aliphatic rings. The number of aliphatic carboxylic acids is 1. The van der Waals surface area contributed by atoms with Crippen LogP contribution in [-0.2, 0) is 11.2 Å². The Bertz CT molecular complexity index is 456. The van der Waals surface area contributed by atoms with Crippen LogP contribution in [-0.4, -0.2) is 35.2 Å². The zero-order chi connectivity index (χ0) is 15.1. The number of carbonyl (C=O) groups excluding carboxylic acids is 1. The summed E-state index contributed by atoms with van der Waals surface area (Å²) in [6, 6.07) is -0.161. The van der Waals surface area contributed by atoms with Crippen molar-refractivity contribution in [2.75, 3.05) is 13.1 Å². The number of nitrogens with one attached hydrogen (secondary N) is 2. The molecule has 2 rings (SSSR count). The third kappa shape index (κ3) is 5.34. The molecular weight excluding hydrogens is 290 g/mol. The Morgan fingerprint density at radius 3 is 2.67 bits per heavy atom. The minimum absolute atomic E-state index is 0.161. The van der Waals surface area contributed by atoms with Crippen LogP contribution >= 0.6 is 11.3 Å². The van der Waals surface area contributed by atoms with Crippen LogP contribution in [0, 0.1) is 11.8 Å². The molecule has 0 atom stereocenters. The van der Waals surface area contributed by atoms with E-state index in [1.54, 1.807) is 16.8 Å². The first-order chi connectivity index (χ1) is 10.1. The van der Waals surface area contributed by atoms with E-state index in [2.05, 4.69) is 15.6 Å². The van der Waals surface area contributed by atoms with Crippen molar-refractivity contribution >= 4 is 23.3 Å². The van der Waals surface area contributed by atoms with Crippen LogP contribution in [0.3, 0.4) is 0 Å². The van der Waals surface area contributed by atoms with Gasteiger partial charge in [-0.25, -0.2) is 9.78 Å². The van der Waals surface area contributed by atoms with E-state index in [4.69, 9.17) is 5.11 Å². The molecule has 2 amide bonds. The molecule has 1 aliphatic carbocycles. The number of hydrogen-bond acceptors (Lipinski definition) is 4. The summed E-state index contributed by atoms with van der Waals surface area (Å²) in [4.78, 5) is 26.7. The van der Waals surface area contributed by atoms with Gasteiger partial charge >= 0.3 is 12.0 Å². The van der Waals surface area contributed by atoms with Crippen LogP contribution in [0.2, 0.25) is 0 Å². The average molecular weight is 311 g/mol. The van der Waals surface area contributed by atoms with Gasteiger partial charge in [-0.2, -0.15) is 0 Å². The number of aromatic nitrogens is 1. The van der Waals surface area contributed by atoms with Crippen molar-refractivity contribution in [3.05, 3.63) is 16.6 Å². The lowest BCUT2D eigenvalue weighted by molar-refractivity contribution is -0.143. The highest BCUT2D eigenvalue weighted by atomic mass is 32.1. The van der Waals surface area contributed by atoms with Crippen molar-refractivity contribution in [1.82, 2.24) is 15.6 Å². The van der Waals surface area contributed by atoms with E-state index in [1.807, 2.05) is 5.38 Å². The molecule has 7 heteroatoms. The Balaban J connectivity index is 1.56. The summed E-state index contributed by atoms with van der Waals surface area (Å²) in [7, 11) is 0. The van der Waals surface area contributed by atoms with Crippen molar-refractivity contribution in [2.45, 2.75) is 32.1 Å². The second-order valence-electron chi connectivity index (χ2n) is 5.42. The van der Waals surface area contributed by atoms with Crippen LogP contribution in [0.25, 0.3) is 0 Å². The van der Waals surface area contributed by atoms with Gasteiger partial charge in [-0.1, -0.05) is 0 Å². The minimum atomic E-state index is -0.693. The standard InChI is InChI=1S/C14H21N3O3S/c18-13(19)11-3-1-10(2-4-11)7-16-14(20)15-6-5-12-8-21-9-17-12/h8-11H,1-7H2,(H,18,19)(H2,15,16,20). The Labute approximate surface area is 128 Å². The quantitative estimate of drug-likeness (QED) is 0.748. The molecule has 1 aromatic heterocycles. The fraction of sp³-hybridized carbons (Fsp3) is 0.643. The highest BCUT2D eigenvalue weighted by Crippen LogP contribution is 2.28. The molecule has 0 bridgehead atoms. The number of amides is 2. The predicted molar refractivity (Wildman–Crippen MR) is 80.3 cm³/mol. The van der Waals surface area contributed by atoms with Crippen molar-refractivity contribution in [1.29, 1.82) is 0 Å². The molecule has 1 fully saturated rings. The van der Waals surface area contributed by atoms with Gasteiger partial charge in [0.05, 0.1) is 17.1 Å². The molecule has 6 nitrogen and oxygen atoms in total. The smallest absolute Gasteiger partial charge is 0.314 e. The van der Waals surface area contributed by atoms with Gasteiger partial charge in [-0.3, -0.25) is 4.79 Å². The molecule has 0 aliphatic heterocycles. The normalized spacial score (nSPS) is 21.7. The predicted octanol–water partition coefficient (Wildman–Crippen LogP) is 1.88. The van der Waals surface area contributed by atoms with E-state index >= 15 is 0 Å². The minimum Gasteiger partial charge on any atom is -0.481 e. The van der Waals surface area contributed by atoms with Crippen molar-refractivity contribution in [3.63, 3.8) is 0 Å². The number of carboxylic acid groups (broad SMARTS) is 1. The molecule has 0 unspecified atom stereocenters. The molecule has 3 N–H and O–H groups in total. The SMILES string of the molecule is O=C(NCCc1cscn1)NCC1CCC(C(=O)O)CC1. The molecule has 21 heavy (non-hydrogen) atoms. The molecule has 1 saturated carbocycles. The molecule has 0 aromatic carbocycles. The third-order valence-electron chi connectivity index (χ3n) is 3.90. The first-order valence-electron chi connectivity index (χ1n) is 7.26. The summed E-state index contributed by atoms with van der Waals surface area (Å²) in [6.07, 6.45) is 3.91. The average Bonchev–Trinajstić information content (AvgIpc) is 2.99. The monoisotopic (exact) mass is 311 g/mol. The second kappa shape index (κ2) is 7.97. The Hall–Kier alpha value is -1.63. The Morgan fingerprint density at radius 2 is 2.05 bits per heavy atom. The van der Waals surface area contributed by atoms with E-state index < -0.39 is 5.97 Å². The molecule has 0 saturated heterocycles. The molecule has 0 spiro atoms. The Morgan fingerprint density at radius 1 is 1.29 bits per heavy atom. The van der Waals surface area contributed by atoms with Crippen LogP contribution in [0.5, 0.6) is 0 Å². The molecule has 1 heterocycles. The fourth-order valence-corrected chi connectivity index (χ4v) is 3.17. The number of carbonyl (C=O) groups is 2. The lowest BCUT2D eigenvalue weighted by Crippen LogP contribution is -2.40. The first kappa shape index (κ1) is 15.8. The zero-order valence-corrected chi connectivity index (χ0v) is 12.7. The number of carboxylic acids is 1. The maximum absolute atomic E-state index is 11.7. The van der Waals surface area contributed by atoms with E-state index in [-0.39, 0.29) is 11.9 Å². The first-order valence-corrected chi connectivity index (χ1v) is 8.21. The maximum atomic E-state index is 11.7. The van der Waals surface area contributed by atoms with Crippen LogP contribution in [0.1, 0.15) is 31.4 Å². The summed E-state index contributed by atoms with van der Waals surface area (Å²) >= 11 is 1.55. The molecule has 116 valence electrons. The number of thiazole rings is 1. The molecular formula is C14H21N3O3S. The number of urea groups is 1. The summed E-state index contributed by atoms with van der Waals surface area (Å²) in [5.41, 5.74) is 2.77. The largest absolute Gasteiger partial charge is 0.481 e. The van der Waals surface area contributed by atoms with E-state index in [0.717, 1.165) is 25.0 Å². The van der Waals surface area contributed by atoms with E-state index in [0.29, 0.717) is 31.8 Å². The highest BCUT2D eigenvalue weighted by Gasteiger charge is 2.25.